The van der Waals surface area contributed by atoms with Crippen molar-refractivity contribution in [2.45, 2.75) is 32.5 Å². The van der Waals surface area contributed by atoms with Crippen molar-refractivity contribution >= 4 is 12.0 Å². The summed E-state index contributed by atoms with van der Waals surface area (Å²) < 4.78 is 18.0. The summed E-state index contributed by atoms with van der Waals surface area (Å²) in [5, 5.41) is 0. The summed E-state index contributed by atoms with van der Waals surface area (Å²) in [5.74, 6) is -0.406. The molecule has 1 rings (SSSR count). The van der Waals surface area contributed by atoms with Gasteiger partial charge in [0.2, 0.25) is 5.91 Å². The van der Waals surface area contributed by atoms with E-state index < -0.39 is 18.1 Å². The number of rotatable bonds is 4. The Morgan fingerprint density at radius 1 is 1.26 bits per heavy atom. The molecule has 1 aliphatic rings. The fourth-order valence-electron chi connectivity index (χ4n) is 1.80. The van der Waals surface area contributed by atoms with E-state index in [9.17, 15) is 14.0 Å². The summed E-state index contributed by atoms with van der Waals surface area (Å²) in [6, 6.07) is -1.13. The van der Waals surface area contributed by atoms with Gasteiger partial charge in [-0.05, 0) is 13.3 Å². The number of nitrogens with two attached hydrogens (primary N) is 1. The Bertz CT molecular complexity index is 317. The second-order valence-corrected chi connectivity index (χ2v) is 4.63. The second kappa shape index (κ2) is 7.28. The van der Waals surface area contributed by atoms with Crippen molar-refractivity contribution in [3.8, 4) is 0 Å². The van der Waals surface area contributed by atoms with Gasteiger partial charge in [0.25, 0.3) is 0 Å². The minimum Gasteiger partial charge on any atom is -0.449 e. The SMILES string of the molecule is CCCOC(=O)N1CCN(C(=O)C(N)C(C)F)CC1. The lowest BCUT2D eigenvalue weighted by molar-refractivity contribution is -0.135. The normalized spacial score (nSPS) is 18.9. The van der Waals surface area contributed by atoms with Crippen LogP contribution in [0.15, 0.2) is 0 Å². The lowest BCUT2D eigenvalue weighted by Gasteiger charge is -2.35. The Balaban J connectivity index is 2.40. The van der Waals surface area contributed by atoms with Crippen LogP contribution in [0.25, 0.3) is 0 Å². The number of hydrogen-bond acceptors (Lipinski definition) is 4. The van der Waals surface area contributed by atoms with Crippen LogP contribution in [-0.2, 0) is 9.53 Å². The second-order valence-electron chi connectivity index (χ2n) is 4.63. The first-order chi connectivity index (χ1) is 8.97. The van der Waals surface area contributed by atoms with Crippen molar-refractivity contribution in [2.75, 3.05) is 32.8 Å². The van der Waals surface area contributed by atoms with E-state index in [0.717, 1.165) is 6.42 Å². The Morgan fingerprint density at radius 3 is 2.26 bits per heavy atom. The molecule has 19 heavy (non-hydrogen) atoms. The number of amides is 2. The van der Waals surface area contributed by atoms with Crippen molar-refractivity contribution in [3.63, 3.8) is 0 Å². The third-order valence-electron chi connectivity index (χ3n) is 3.06. The molecular formula is C12H22FN3O3. The zero-order valence-electron chi connectivity index (χ0n) is 11.5. The van der Waals surface area contributed by atoms with Crippen LogP contribution in [-0.4, -0.2) is 66.8 Å². The molecule has 2 atom stereocenters. The van der Waals surface area contributed by atoms with Gasteiger partial charge < -0.3 is 20.3 Å². The van der Waals surface area contributed by atoms with Crippen LogP contribution in [0.5, 0.6) is 0 Å². The highest BCUT2D eigenvalue weighted by molar-refractivity contribution is 5.82. The van der Waals surface area contributed by atoms with Gasteiger partial charge in [-0.3, -0.25) is 4.79 Å². The highest BCUT2D eigenvalue weighted by Gasteiger charge is 2.30. The highest BCUT2D eigenvalue weighted by Crippen LogP contribution is 2.07. The average Bonchev–Trinajstić information content (AvgIpc) is 2.43. The number of carbonyl (C=O) groups excluding carboxylic acids is 2. The molecule has 0 aromatic rings. The molecule has 7 heteroatoms. The van der Waals surface area contributed by atoms with E-state index in [1.807, 2.05) is 6.92 Å². The van der Waals surface area contributed by atoms with Crippen LogP contribution in [0.4, 0.5) is 9.18 Å². The topological polar surface area (TPSA) is 75.9 Å². The molecule has 0 bridgehead atoms. The molecule has 0 saturated carbocycles. The number of hydrogen-bond donors (Lipinski definition) is 1. The van der Waals surface area contributed by atoms with Gasteiger partial charge >= 0.3 is 6.09 Å². The molecule has 110 valence electrons. The molecule has 0 aromatic heterocycles. The molecule has 2 amide bonds. The predicted molar refractivity (Wildman–Crippen MR) is 68.3 cm³/mol. The molecular weight excluding hydrogens is 253 g/mol. The van der Waals surface area contributed by atoms with Gasteiger partial charge in [0.15, 0.2) is 0 Å². The number of carbonyl (C=O) groups is 2. The molecule has 1 saturated heterocycles. The maximum absolute atomic E-state index is 13.0. The van der Waals surface area contributed by atoms with Gasteiger partial charge in [-0.1, -0.05) is 6.92 Å². The fraction of sp³-hybridized carbons (Fsp3) is 0.833. The molecule has 1 aliphatic heterocycles. The summed E-state index contributed by atoms with van der Waals surface area (Å²) in [6.45, 7) is 5.08. The van der Waals surface area contributed by atoms with Crippen LogP contribution in [0, 0.1) is 0 Å². The fourth-order valence-corrected chi connectivity index (χ4v) is 1.80. The predicted octanol–water partition coefficient (Wildman–Crippen LogP) is 0.363. The number of ether oxygens (including phenoxy) is 1. The number of nitrogens with zero attached hydrogens (tertiary/aromatic N) is 2. The Kier molecular flexibility index (Phi) is 6.01. The van der Waals surface area contributed by atoms with Crippen LogP contribution >= 0.6 is 0 Å². The van der Waals surface area contributed by atoms with Crippen LogP contribution < -0.4 is 5.73 Å². The zero-order chi connectivity index (χ0) is 14.4. The van der Waals surface area contributed by atoms with Crippen LogP contribution in [0.2, 0.25) is 0 Å². The molecule has 1 heterocycles. The molecule has 2 unspecified atom stereocenters. The van der Waals surface area contributed by atoms with Crippen molar-refractivity contribution in [1.82, 2.24) is 9.80 Å². The van der Waals surface area contributed by atoms with Crippen molar-refractivity contribution in [3.05, 3.63) is 0 Å². The van der Waals surface area contributed by atoms with Gasteiger partial charge in [-0.15, -0.1) is 0 Å². The minimum atomic E-state index is -1.37. The zero-order valence-corrected chi connectivity index (χ0v) is 11.5. The summed E-state index contributed by atoms with van der Waals surface area (Å²) in [7, 11) is 0. The number of piperazine rings is 1. The summed E-state index contributed by atoms with van der Waals surface area (Å²) in [5.41, 5.74) is 5.48. The third-order valence-corrected chi connectivity index (χ3v) is 3.06. The largest absolute Gasteiger partial charge is 0.449 e. The first-order valence-corrected chi connectivity index (χ1v) is 6.57. The third kappa shape index (κ3) is 4.34. The van der Waals surface area contributed by atoms with E-state index >= 15 is 0 Å². The number of alkyl halides is 1. The molecule has 0 aromatic carbocycles. The smallest absolute Gasteiger partial charge is 0.409 e. The van der Waals surface area contributed by atoms with Crippen LogP contribution in [0.3, 0.4) is 0 Å². The van der Waals surface area contributed by atoms with E-state index in [-0.39, 0.29) is 6.09 Å². The Morgan fingerprint density at radius 2 is 1.79 bits per heavy atom. The maximum Gasteiger partial charge on any atom is 0.409 e. The van der Waals surface area contributed by atoms with E-state index in [2.05, 4.69) is 0 Å². The molecule has 2 N–H and O–H groups in total. The lowest BCUT2D eigenvalue weighted by Crippen LogP contribution is -2.56. The average molecular weight is 275 g/mol. The molecule has 1 fully saturated rings. The monoisotopic (exact) mass is 275 g/mol. The van der Waals surface area contributed by atoms with Gasteiger partial charge in [0.1, 0.15) is 12.2 Å². The van der Waals surface area contributed by atoms with E-state index in [1.54, 1.807) is 4.90 Å². The Hall–Kier alpha value is -1.37. The highest BCUT2D eigenvalue weighted by atomic mass is 19.1. The quantitative estimate of drug-likeness (QED) is 0.804. The van der Waals surface area contributed by atoms with E-state index in [1.165, 1.54) is 11.8 Å². The Labute approximate surface area is 112 Å². The molecule has 0 aliphatic carbocycles. The standard InChI is InChI=1S/C12H22FN3O3/c1-3-8-19-12(18)16-6-4-15(5-7-16)11(17)10(14)9(2)13/h9-10H,3-8,14H2,1-2H3. The molecule has 0 spiro atoms. The van der Waals surface area contributed by atoms with Crippen molar-refractivity contribution in [2.24, 2.45) is 5.73 Å². The van der Waals surface area contributed by atoms with Crippen molar-refractivity contribution < 1.29 is 18.7 Å². The first kappa shape index (κ1) is 15.7. The van der Waals surface area contributed by atoms with E-state index in [4.69, 9.17) is 10.5 Å². The summed E-state index contributed by atoms with van der Waals surface area (Å²) in [6.07, 6.45) is -0.967. The lowest BCUT2D eigenvalue weighted by atomic mass is 10.1. The molecule has 6 nitrogen and oxygen atoms in total. The van der Waals surface area contributed by atoms with Crippen LogP contribution in [0.1, 0.15) is 20.3 Å². The molecule has 0 radical (unpaired) electrons. The van der Waals surface area contributed by atoms with Gasteiger partial charge in [-0.2, -0.15) is 0 Å². The van der Waals surface area contributed by atoms with Crippen molar-refractivity contribution in [1.29, 1.82) is 0 Å². The summed E-state index contributed by atoms with van der Waals surface area (Å²) in [4.78, 5) is 26.4. The first-order valence-electron chi connectivity index (χ1n) is 6.57. The van der Waals surface area contributed by atoms with Gasteiger partial charge in [0, 0.05) is 26.2 Å². The maximum atomic E-state index is 13.0. The number of halogens is 1. The minimum absolute atomic E-state index is 0.362. The van der Waals surface area contributed by atoms with Gasteiger partial charge in [-0.25, -0.2) is 9.18 Å². The van der Waals surface area contributed by atoms with Gasteiger partial charge in [0.05, 0.1) is 6.61 Å². The summed E-state index contributed by atoms with van der Waals surface area (Å²) >= 11 is 0. The van der Waals surface area contributed by atoms with E-state index in [0.29, 0.717) is 32.8 Å².